The van der Waals surface area contributed by atoms with E-state index < -0.39 is 5.82 Å². The van der Waals surface area contributed by atoms with Gasteiger partial charge in [0, 0.05) is 13.1 Å². The highest BCUT2D eigenvalue weighted by molar-refractivity contribution is 6.33. The highest BCUT2D eigenvalue weighted by Crippen LogP contribution is 2.17. The molecule has 3 nitrogen and oxygen atoms in total. The van der Waals surface area contributed by atoms with Crippen molar-refractivity contribution in [3.8, 4) is 0 Å². The van der Waals surface area contributed by atoms with Crippen LogP contribution in [0, 0.1) is 5.82 Å². The molecule has 1 amide bonds. The van der Waals surface area contributed by atoms with Crippen molar-refractivity contribution in [3.05, 3.63) is 34.6 Å². The van der Waals surface area contributed by atoms with Gasteiger partial charge in [-0.2, -0.15) is 0 Å². The first-order valence-corrected chi connectivity index (χ1v) is 5.01. The van der Waals surface area contributed by atoms with E-state index in [1.165, 1.54) is 12.1 Å². The van der Waals surface area contributed by atoms with Gasteiger partial charge in [-0.05, 0) is 18.2 Å². The zero-order chi connectivity index (χ0) is 10.8. The summed E-state index contributed by atoms with van der Waals surface area (Å²) in [6, 6.07) is 3.90. The minimum absolute atomic E-state index is 0.139. The van der Waals surface area contributed by atoms with E-state index in [0.29, 0.717) is 5.56 Å². The molecule has 80 valence electrons. The third-order valence-electron chi connectivity index (χ3n) is 2.29. The Morgan fingerprint density at radius 2 is 2.27 bits per heavy atom. The average Bonchev–Trinajstić information content (AvgIpc) is 2.11. The smallest absolute Gasteiger partial charge is 0.253 e. The molecule has 5 heteroatoms. The van der Waals surface area contributed by atoms with Crippen LogP contribution in [0.5, 0.6) is 0 Å². The summed E-state index contributed by atoms with van der Waals surface area (Å²) in [5, 5.41) is 5.96. The lowest BCUT2D eigenvalue weighted by Gasteiger charge is -2.28. The molecule has 0 saturated carbocycles. The van der Waals surface area contributed by atoms with Gasteiger partial charge in [0.05, 0.1) is 16.6 Å². The molecule has 0 aliphatic carbocycles. The Hall–Kier alpha value is -1.13. The quantitative estimate of drug-likeness (QED) is 0.798. The average molecular weight is 229 g/mol. The van der Waals surface area contributed by atoms with Crippen LogP contribution in [0.1, 0.15) is 10.4 Å². The van der Waals surface area contributed by atoms with Crippen LogP contribution in [0.15, 0.2) is 18.2 Å². The lowest BCUT2D eigenvalue weighted by molar-refractivity contribution is 0.0924. The molecule has 0 bridgehead atoms. The zero-order valence-corrected chi connectivity index (χ0v) is 8.64. The molecule has 0 atom stereocenters. The lowest BCUT2D eigenvalue weighted by Crippen LogP contribution is -2.56. The molecular formula is C10H10ClFN2O. The van der Waals surface area contributed by atoms with Crippen molar-refractivity contribution < 1.29 is 9.18 Å². The van der Waals surface area contributed by atoms with Crippen LogP contribution in [-0.2, 0) is 0 Å². The van der Waals surface area contributed by atoms with Gasteiger partial charge < -0.3 is 10.6 Å². The van der Waals surface area contributed by atoms with E-state index in [4.69, 9.17) is 11.6 Å². The lowest BCUT2D eigenvalue weighted by atomic mass is 10.1. The van der Waals surface area contributed by atoms with Crippen LogP contribution >= 0.6 is 11.6 Å². The molecule has 0 unspecified atom stereocenters. The van der Waals surface area contributed by atoms with E-state index in [0.717, 1.165) is 19.2 Å². The summed E-state index contributed by atoms with van der Waals surface area (Å²) in [5.41, 5.74) is 0.310. The molecule has 0 spiro atoms. The summed E-state index contributed by atoms with van der Waals surface area (Å²) in [5.74, 6) is -0.701. The van der Waals surface area contributed by atoms with Crippen LogP contribution in [0.4, 0.5) is 4.39 Å². The first kappa shape index (κ1) is 10.4. The highest BCUT2D eigenvalue weighted by Gasteiger charge is 2.20. The number of amides is 1. The topological polar surface area (TPSA) is 41.1 Å². The van der Waals surface area contributed by atoms with Crippen LogP contribution in [0.3, 0.4) is 0 Å². The molecule has 1 aromatic carbocycles. The number of hydrogen-bond donors (Lipinski definition) is 2. The molecule has 1 aromatic rings. The van der Waals surface area contributed by atoms with E-state index in [9.17, 15) is 9.18 Å². The second-order valence-electron chi connectivity index (χ2n) is 3.45. The zero-order valence-electron chi connectivity index (χ0n) is 7.89. The van der Waals surface area contributed by atoms with E-state index in [-0.39, 0.29) is 17.0 Å². The van der Waals surface area contributed by atoms with Crippen molar-refractivity contribution in [2.75, 3.05) is 13.1 Å². The Kier molecular flexibility index (Phi) is 2.88. The summed E-state index contributed by atoms with van der Waals surface area (Å²) < 4.78 is 12.7. The van der Waals surface area contributed by atoms with Gasteiger partial charge in [-0.15, -0.1) is 0 Å². The van der Waals surface area contributed by atoms with E-state index >= 15 is 0 Å². The maximum absolute atomic E-state index is 12.7. The molecule has 2 N–H and O–H groups in total. The largest absolute Gasteiger partial charge is 0.347 e. The van der Waals surface area contributed by atoms with Gasteiger partial charge in [-0.25, -0.2) is 4.39 Å². The molecule has 0 aromatic heterocycles. The second-order valence-corrected chi connectivity index (χ2v) is 3.86. The summed E-state index contributed by atoms with van der Waals surface area (Å²) in [4.78, 5) is 11.6. The van der Waals surface area contributed by atoms with E-state index in [1.54, 1.807) is 0 Å². The molecule has 0 radical (unpaired) electrons. The number of rotatable bonds is 2. The summed E-state index contributed by atoms with van der Waals surface area (Å²) in [6.07, 6.45) is 0. The predicted octanol–water partition coefficient (Wildman–Crippen LogP) is 1.18. The fourth-order valence-electron chi connectivity index (χ4n) is 1.33. The van der Waals surface area contributed by atoms with E-state index in [1.807, 2.05) is 0 Å². The maximum atomic E-state index is 12.7. The third kappa shape index (κ3) is 2.27. The number of hydrogen-bond acceptors (Lipinski definition) is 2. The molecule has 1 heterocycles. The predicted molar refractivity (Wildman–Crippen MR) is 55.5 cm³/mol. The number of carbonyl (C=O) groups excluding carboxylic acids is 1. The summed E-state index contributed by atoms with van der Waals surface area (Å²) >= 11 is 5.75. The Bertz CT molecular complexity index is 393. The fourth-order valence-corrected chi connectivity index (χ4v) is 1.58. The second kappa shape index (κ2) is 4.16. The van der Waals surface area contributed by atoms with Crippen molar-refractivity contribution in [1.29, 1.82) is 0 Å². The first-order chi connectivity index (χ1) is 7.16. The van der Waals surface area contributed by atoms with Gasteiger partial charge in [0.15, 0.2) is 0 Å². The number of halogens is 2. The van der Waals surface area contributed by atoms with Gasteiger partial charge in [-0.3, -0.25) is 4.79 Å². The molecule has 1 fully saturated rings. The summed E-state index contributed by atoms with van der Waals surface area (Å²) in [7, 11) is 0. The third-order valence-corrected chi connectivity index (χ3v) is 2.61. The van der Waals surface area contributed by atoms with Crippen LogP contribution < -0.4 is 10.6 Å². The van der Waals surface area contributed by atoms with Crippen molar-refractivity contribution in [3.63, 3.8) is 0 Å². The van der Waals surface area contributed by atoms with Gasteiger partial charge in [0.1, 0.15) is 5.82 Å². The monoisotopic (exact) mass is 228 g/mol. The molecule has 1 aliphatic heterocycles. The van der Waals surface area contributed by atoms with Gasteiger partial charge in [-0.1, -0.05) is 11.6 Å². The Balaban J connectivity index is 2.10. The van der Waals surface area contributed by atoms with Gasteiger partial charge >= 0.3 is 0 Å². The normalized spacial score (nSPS) is 15.9. The Morgan fingerprint density at radius 3 is 2.80 bits per heavy atom. The van der Waals surface area contributed by atoms with Gasteiger partial charge in [0.2, 0.25) is 0 Å². The van der Waals surface area contributed by atoms with Gasteiger partial charge in [0.25, 0.3) is 5.91 Å². The summed E-state index contributed by atoms with van der Waals surface area (Å²) in [6.45, 7) is 1.54. The van der Waals surface area contributed by atoms with Crippen molar-refractivity contribution in [2.45, 2.75) is 6.04 Å². The highest BCUT2D eigenvalue weighted by atomic mass is 35.5. The SMILES string of the molecule is O=C(NC1CNC1)c1ccc(F)cc1Cl. The van der Waals surface area contributed by atoms with E-state index in [2.05, 4.69) is 10.6 Å². The number of carbonyl (C=O) groups is 1. The molecular weight excluding hydrogens is 219 g/mol. The van der Waals surface area contributed by atoms with Crippen molar-refractivity contribution in [2.24, 2.45) is 0 Å². The molecule has 1 saturated heterocycles. The number of nitrogens with one attached hydrogen (secondary N) is 2. The number of benzene rings is 1. The van der Waals surface area contributed by atoms with Crippen LogP contribution in [-0.4, -0.2) is 25.0 Å². The van der Waals surface area contributed by atoms with Crippen molar-refractivity contribution in [1.82, 2.24) is 10.6 Å². The van der Waals surface area contributed by atoms with Crippen LogP contribution in [0.2, 0.25) is 5.02 Å². The Labute approximate surface area is 91.6 Å². The first-order valence-electron chi connectivity index (χ1n) is 4.63. The molecule has 2 rings (SSSR count). The van der Waals surface area contributed by atoms with Crippen molar-refractivity contribution >= 4 is 17.5 Å². The minimum atomic E-state index is -0.443. The standard InChI is InChI=1S/C10H10ClFN2O/c11-9-3-6(12)1-2-8(9)10(15)14-7-4-13-5-7/h1-3,7,13H,4-5H2,(H,14,15). The maximum Gasteiger partial charge on any atom is 0.253 e. The fraction of sp³-hybridized carbons (Fsp3) is 0.300. The molecule has 15 heavy (non-hydrogen) atoms. The minimum Gasteiger partial charge on any atom is -0.347 e. The van der Waals surface area contributed by atoms with Crippen LogP contribution in [0.25, 0.3) is 0 Å². The Morgan fingerprint density at radius 1 is 1.53 bits per heavy atom. The molecule has 1 aliphatic rings.